The van der Waals surface area contributed by atoms with Crippen molar-refractivity contribution in [2.45, 2.75) is 77.1 Å². The van der Waals surface area contributed by atoms with Gasteiger partial charge < -0.3 is 9.80 Å². The predicted molar refractivity (Wildman–Crippen MR) is 313 cm³/mol. The Morgan fingerprint density at radius 1 is 0.537 bits per heavy atom. The minimum Gasteiger partial charge on any atom is -0.311 e. The fourth-order valence-corrected chi connectivity index (χ4v) is 18.3. The molecule has 0 spiro atoms. The third-order valence-electron chi connectivity index (χ3n) is 14.5. The molecule has 26 heteroatoms. The minimum absolute atomic E-state index is 0.0475. The van der Waals surface area contributed by atoms with Crippen LogP contribution in [0, 0.1) is 5.82 Å². The van der Waals surface area contributed by atoms with Gasteiger partial charge in [-0.05, 0) is 184 Å². The molecule has 4 aliphatic rings. The van der Waals surface area contributed by atoms with Crippen LogP contribution in [0.4, 0.5) is 26.0 Å². The first-order chi connectivity index (χ1) is 38.2. The van der Waals surface area contributed by atoms with Crippen molar-refractivity contribution >= 4 is 133 Å². The molecule has 7 aromatic rings. The normalized spacial score (nSPS) is 20.4. The number of hydrogen-bond acceptors (Lipinski definition) is 14. The number of benzene rings is 5. The fourth-order valence-electron chi connectivity index (χ4n) is 10.8. The number of nitrogens with one attached hydrogen (secondary N) is 1. The lowest BCUT2D eigenvalue weighted by Crippen LogP contribution is -2.46. The molecule has 4 saturated heterocycles. The summed E-state index contributed by atoms with van der Waals surface area (Å²) in [7, 11) is -13.1. The summed E-state index contributed by atoms with van der Waals surface area (Å²) >= 11 is 26.9. The van der Waals surface area contributed by atoms with E-state index in [1.807, 2.05) is 24.3 Å². The quantitative estimate of drug-likeness (QED) is 0.109. The second-order valence-electron chi connectivity index (χ2n) is 19.6. The molecule has 2 unspecified atom stereocenters. The maximum Gasteiger partial charge on any atom is 0.279 e. The van der Waals surface area contributed by atoms with Crippen molar-refractivity contribution in [3.05, 3.63) is 169 Å². The molecule has 2 aromatic heterocycles. The van der Waals surface area contributed by atoms with Crippen LogP contribution in [0.25, 0.3) is 0 Å². The van der Waals surface area contributed by atoms with E-state index in [1.54, 1.807) is 39.4 Å². The number of amides is 2. The van der Waals surface area contributed by atoms with Crippen LogP contribution in [0.5, 0.6) is 0 Å². The highest BCUT2D eigenvalue weighted by atomic mass is 35.5. The Morgan fingerprint density at radius 2 is 0.963 bits per heavy atom. The van der Waals surface area contributed by atoms with Gasteiger partial charge in [-0.1, -0.05) is 46.4 Å². The zero-order valence-electron chi connectivity index (χ0n) is 42.3. The molecule has 4 aliphatic heterocycles. The van der Waals surface area contributed by atoms with Gasteiger partial charge in [-0.3, -0.25) is 24.1 Å². The molecule has 0 radical (unpaired) electrons. The van der Waals surface area contributed by atoms with Crippen LogP contribution in [0.2, 0.25) is 20.1 Å². The van der Waals surface area contributed by atoms with E-state index in [9.17, 15) is 39.2 Å². The summed E-state index contributed by atoms with van der Waals surface area (Å²) < 4.78 is 96.1. The number of carbonyl (C=O) groups excluding carboxylic acids is 2. The smallest absolute Gasteiger partial charge is 0.279 e. The van der Waals surface area contributed by atoms with E-state index in [-0.39, 0.29) is 54.4 Å². The molecular weight excluding hydrogens is 1210 g/mol. The van der Waals surface area contributed by atoms with Gasteiger partial charge in [-0.25, -0.2) is 22.8 Å². The zero-order chi connectivity index (χ0) is 56.5. The van der Waals surface area contributed by atoms with Crippen LogP contribution in [0.1, 0.15) is 61.5 Å². The van der Waals surface area contributed by atoms with E-state index in [4.69, 9.17) is 46.4 Å². The molecule has 6 heterocycles. The first kappa shape index (κ1) is 58.0. The Bertz CT molecular complexity index is 3680. The monoisotopic (exact) mass is 1260 g/mol. The van der Waals surface area contributed by atoms with Crippen LogP contribution in [-0.4, -0.2) is 108 Å². The lowest BCUT2D eigenvalue weighted by atomic mass is 9.89. The summed E-state index contributed by atoms with van der Waals surface area (Å²) in [5.41, 5.74) is 3.35. The number of piperidine rings is 2. The van der Waals surface area contributed by atoms with Gasteiger partial charge in [-0.2, -0.15) is 16.8 Å². The van der Waals surface area contributed by atoms with Gasteiger partial charge in [-0.15, -0.1) is 26.4 Å². The maximum atomic E-state index is 13.8. The number of carbonyl (C=O) groups is 2. The van der Waals surface area contributed by atoms with Crippen molar-refractivity contribution in [3.8, 4) is 0 Å². The topological polar surface area (TPSA) is 191 Å². The highest BCUT2D eigenvalue weighted by Crippen LogP contribution is 2.38. The van der Waals surface area contributed by atoms with Gasteiger partial charge >= 0.3 is 0 Å². The van der Waals surface area contributed by atoms with E-state index in [2.05, 4.69) is 24.5 Å². The molecule has 0 bridgehead atoms. The van der Waals surface area contributed by atoms with E-state index in [0.29, 0.717) is 62.7 Å². The van der Waals surface area contributed by atoms with Crippen molar-refractivity contribution in [2.75, 3.05) is 57.5 Å². The van der Waals surface area contributed by atoms with Gasteiger partial charge in [0, 0.05) is 80.8 Å². The Morgan fingerprint density at radius 3 is 1.39 bits per heavy atom. The van der Waals surface area contributed by atoms with Crippen molar-refractivity contribution in [3.63, 3.8) is 0 Å². The average molecular weight is 1260 g/mol. The van der Waals surface area contributed by atoms with E-state index >= 15 is 0 Å². The average Bonchev–Trinajstić information content (AvgIpc) is 4.30. The number of hydrogen-bond donors (Lipinski definition) is 1. The third kappa shape index (κ3) is 12.7. The number of likely N-dealkylation sites (tertiary alicyclic amines) is 2. The molecule has 11 rings (SSSR count). The van der Waals surface area contributed by atoms with Gasteiger partial charge in [0.25, 0.3) is 30.1 Å². The van der Waals surface area contributed by atoms with E-state index < -0.39 is 40.8 Å². The lowest BCUT2D eigenvalue weighted by molar-refractivity contribution is -0.122. The highest BCUT2D eigenvalue weighted by molar-refractivity contribution is 8.10. The Labute approximate surface area is 491 Å². The minimum atomic E-state index is -4.69. The molecular formula is C54H51Cl4FN8O8S5. The van der Waals surface area contributed by atoms with Crippen LogP contribution < -0.4 is 18.2 Å². The summed E-state index contributed by atoms with van der Waals surface area (Å²) in [6.45, 7) is 4.16. The number of halogens is 5. The third-order valence-corrected chi connectivity index (χ3v) is 22.7. The molecule has 4 fully saturated rings. The van der Waals surface area contributed by atoms with Crippen molar-refractivity contribution in [1.29, 1.82) is 0 Å². The molecule has 16 nitrogen and oxygen atoms in total. The van der Waals surface area contributed by atoms with Crippen molar-refractivity contribution in [2.24, 2.45) is 0 Å². The zero-order valence-corrected chi connectivity index (χ0v) is 49.4. The molecule has 80 heavy (non-hydrogen) atoms. The molecule has 1 N–H and O–H groups in total. The van der Waals surface area contributed by atoms with Crippen molar-refractivity contribution in [1.82, 2.24) is 19.8 Å². The van der Waals surface area contributed by atoms with E-state index in [1.165, 1.54) is 65.5 Å². The van der Waals surface area contributed by atoms with E-state index in [0.717, 1.165) is 98.5 Å². The number of thiazole rings is 2. The standard InChI is InChI=1S/C30H27Cl2FN4O5S3.C24H24Cl2N4O3S2/c31-22-16-21(17-23(32)18-22)20-2-1-13-35(19-20)28-11-14-36(29(28)38)25-5-9-27(10-6-25)45(41,42)37(30-34-12-15-43-30)44(39,40)26-7-3-24(33)4-8-26;25-18-12-17(13-19(26)14-18)16-2-1-9-29(15-16)22-7-10-30(23(22)31)20-3-5-21(6-4-20)35(32,33)28-24-27-8-11-34-24/h3-10,12,15-18,20,28H,1-2,11,13-14,19H2;3-6,8,11-14,16,22H,1-2,7,9-10,15H2,(H,27,28)/t20?,28-;16?,22-/m00/s1. The summed E-state index contributed by atoms with van der Waals surface area (Å²) in [6, 6.07) is 26.5. The SMILES string of the molecule is O=C1[C@@H](N2CCCC(c3cc(Cl)cc(Cl)c3)C2)CCN1c1ccc(S(=O)(=O)N(c2nccs2)S(=O)(=O)c2ccc(F)cc2)cc1.O=C1[C@@H](N2CCCC(c3cc(Cl)cc(Cl)c3)C2)CCN1c1ccc(S(=O)(=O)Nc2nccs2)cc1. The fraction of sp³-hybridized carbons (Fsp3) is 0.296. The second-order valence-corrected chi connectivity index (χ2v) is 28.6. The molecule has 420 valence electrons. The number of nitrogens with zero attached hydrogens (tertiary/aromatic N) is 7. The Kier molecular flexibility index (Phi) is 17.6. The number of anilines is 4. The lowest BCUT2D eigenvalue weighted by Gasteiger charge is -2.36. The largest absolute Gasteiger partial charge is 0.311 e. The second kappa shape index (κ2) is 24.3. The molecule has 0 saturated carbocycles. The van der Waals surface area contributed by atoms with Crippen LogP contribution in [-0.2, 0) is 39.7 Å². The first-order valence-electron chi connectivity index (χ1n) is 25.4. The van der Waals surface area contributed by atoms with Gasteiger partial charge in [0.2, 0.25) is 16.9 Å². The predicted octanol–water partition coefficient (Wildman–Crippen LogP) is 11.4. The van der Waals surface area contributed by atoms with Crippen LogP contribution >= 0.6 is 69.1 Å². The summed E-state index contributed by atoms with van der Waals surface area (Å²) in [4.78, 5) is 42.1. The summed E-state index contributed by atoms with van der Waals surface area (Å²) in [6.07, 6.45) is 8.07. The van der Waals surface area contributed by atoms with Crippen LogP contribution in [0.3, 0.4) is 0 Å². The Balaban J connectivity index is 0.000000186. The molecule has 0 aliphatic carbocycles. The summed E-state index contributed by atoms with van der Waals surface area (Å²) in [5.74, 6) is -0.243. The number of rotatable bonds is 14. The highest BCUT2D eigenvalue weighted by Gasteiger charge is 2.42. The molecule has 2 amide bonds. The van der Waals surface area contributed by atoms with Gasteiger partial charge in [0.15, 0.2) is 5.13 Å². The number of aromatic nitrogens is 2. The molecule has 4 atom stereocenters. The Hall–Kier alpha value is -5.24. The maximum absolute atomic E-state index is 13.8. The summed E-state index contributed by atoms with van der Waals surface area (Å²) in [5, 5.41) is 5.57. The number of sulfonamides is 3. The first-order valence-corrected chi connectivity index (χ1v) is 33.0. The van der Waals surface area contributed by atoms with Crippen molar-refractivity contribution < 1.29 is 39.2 Å². The van der Waals surface area contributed by atoms with Gasteiger partial charge in [0.1, 0.15) is 5.82 Å². The van der Waals surface area contributed by atoms with Crippen LogP contribution in [0.15, 0.2) is 147 Å². The molecule has 5 aromatic carbocycles. The van der Waals surface area contributed by atoms with Gasteiger partial charge in [0.05, 0.1) is 26.8 Å².